The highest BCUT2D eigenvalue weighted by molar-refractivity contribution is 8.14. The molecule has 0 aromatic carbocycles. The SMILES string of the molecule is CC1CC(S(=O)(=O)Cl)CC(C)(C)C1. The Balaban J connectivity index is 2.81. The first-order valence-corrected chi connectivity index (χ1v) is 7.01. The van der Waals surface area contributed by atoms with Crippen molar-refractivity contribution in [3.8, 4) is 0 Å². The molecule has 1 rings (SSSR count). The van der Waals surface area contributed by atoms with Gasteiger partial charge in [0, 0.05) is 10.7 Å². The zero-order valence-electron chi connectivity index (χ0n) is 8.38. The lowest BCUT2D eigenvalue weighted by Crippen LogP contribution is -2.34. The predicted octanol–water partition coefficient (Wildman–Crippen LogP) is 2.77. The Morgan fingerprint density at radius 3 is 2.23 bits per heavy atom. The zero-order valence-corrected chi connectivity index (χ0v) is 9.95. The summed E-state index contributed by atoms with van der Waals surface area (Å²) in [6.07, 6.45) is 2.51. The Morgan fingerprint density at radius 2 is 1.85 bits per heavy atom. The molecule has 0 aliphatic heterocycles. The summed E-state index contributed by atoms with van der Waals surface area (Å²) in [5, 5.41) is -0.340. The summed E-state index contributed by atoms with van der Waals surface area (Å²) in [5.41, 5.74) is 0.115. The molecule has 0 amide bonds. The molecule has 1 aliphatic carbocycles. The van der Waals surface area contributed by atoms with Crippen molar-refractivity contribution in [3.05, 3.63) is 0 Å². The van der Waals surface area contributed by atoms with Crippen LogP contribution >= 0.6 is 10.7 Å². The van der Waals surface area contributed by atoms with Gasteiger partial charge in [-0.3, -0.25) is 0 Å². The number of rotatable bonds is 1. The molecule has 4 heteroatoms. The minimum absolute atomic E-state index is 0.115. The van der Waals surface area contributed by atoms with Gasteiger partial charge >= 0.3 is 0 Å². The van der Waals surface area contributed by atoms with Gasteiger partial charge in [0.1, 0.15) is 0 Å². The molecule has 1 fully saturated rings. The third kappa shape index (κ3) is 3.13. The Morgan fingerprint density at radius 1 is 1.31 bits per heavy atom. The van der Waals surface area contributed by atoms with Gasteiger partial charge in [-0.05, 0) is 30.6 Å². The summed E-state index contributed by atoms with van der Waals surface area (Å²) in [7, 11) is 2.02. The van der Waals surface area contributed by atoms with Crippen molar-refractivity contribution in [2.75, 3.05) is 0 Å². The third-order valence-electron chi connectivity index (χ3n) is 2.74. The average molecular weight is 225 g/mol. The van der Waals surface area contributed by atoms with Gasteiger partial charge in [-0.2, -0.15) is 0 Å². The Hall–Kier alpha value is 0.240. The van der Waals surface area contributed by atoms with Crippen molar-refractivity contribution >= 4 is 19.7 Å². The molecule has 2 nitrogen and oxygen atoms in total. The molecule has 0 aromatic heterocycles. The number of hydrogen-bond acceptors (Lipinski definition) is 2. The lowest BCUT2D eigenvalue weighted by Gasteiger charge is -2.37. The van der Waals surface area contributed by atoms with Crippen LogP contribution in [0.5, 0.6) is 0 Å². The van der Waals surface area contributed by atoms with Crippen molar-refractivity contribution in [2.24, 2.45) is 11.3 Å². The molecule has 78 valence electrons. The van der Waals surface area contributed by atoms with Gasteiger partial charge in [-0.1, -0.05) is 20.8 Å². The van der Waals surface area contributed by atoms with Crippen molar-refractivity contribution in [1.29, 1.82) is 0 Å². The molecule has 0 spiro atoms. The minimum atomic E-state index is -3.36. The van der Waals surface area contributed by atoms with E-state index in [0.717, 1.165) is 12.8 Å². The van der Waals surface area contributed by atoms with E-state index in [4.69, 9.17) is 10.7 Å². The largest absolute Gasteiger partial charge is 0.235 e. The van der Waals surface area contributed by atoms with Crippen LogP contribution in [0.25, 0.3) is 0 Å². The summed E-state index contributed by atoms with van der Waals surface area (Å²) in [6.45, 7) is 6.31. The molecular formula is C9H17ClO2S. The maximum Gasteiger partial charge on any atom is 0.235 e. The monoisotopic (exact) mass is 224 g/mol. The topological polar surface area (TPSA) is 34.1 Å². The fourth-order valence-corrected chi connectivity index (χ4v) is 4.09. The van der Waals surface area contributed by atoms with Gasteiger partial charge in [0.2, 0.25) is 9.05 Å². The molecule has 1 aliphatic rings. The highest BCUT2D eigenvalue weighted by atomic mass is 35.7. The van der Waals surface area contributed by atoms with Crippen LogP contribution in [0.2, 0.25) is 0 Å². The smallest absolute Gasteiger partial charge is 0.212 e. The van der Waals surface area contributed by atoms with Crippen molar-refractivity contribution in [3.63, 3.8) is 0 Å². The maximum absolute atomic E-state index is 11.2. The van der Waals surface area contributed by atoms with Gasteiger partial charge in [0.05, 0.1) is 5.25 Å². The standard InChI is InChI=1S/C9H17ClO2S/c1-7-4-8(13(10,11)12)6-9(2,3)5-7/h7-8H,4-6H2,1-3H3. The van der Waals surface area contributed by atoms with E-state index in [2.05, 4.69) is 20.8 Å². The van der Waals surface area contributed by atoms with E-state index in [-0.39, 0.29) is 10.7 Å². The van der Waals surface area contributed by atoms with Crippen LogP contribution in [0.1, 0.15) is 40.0 Å². The van der Waals surface area contributed by atoms with Gasteiger partial charge in [-0.15, -0.1) is 0 Å². The fourth-order valence-electron chi connectivity index (χ4n) is 2.47. The summed E-state index contributed by atoms with van der Waals surface area (Å²) in [4.78, 5) is 0. The second-order valence-electron chi connectivity index (χ2n) is 5.01. The highest BCUT2D eigenvalue weighted by Crippen LogP contribution is 2.41. The summed E-state index contributed by atoms with van der Waals surface area (Å²) < 4.78 is 22.4. The summed E-state index contributed by atoms with van der Waals surface area (Å²) >= 11 is 0. The van der Waals surface area contributed by atoms with Gasteiger partial charge in [-0.25, -0.2) is 8.42 Å². The lowest BCUT2D eigenvalue weighted by atomic mass is 9.73. The predicted molar refractivity (Wildman–Crippen MR) is 55.4 cm³/mol. The van der Waals surface area contributed by atoms with Crippen LogP contribution < -0.4 is 0 Å². The molecule has 0 N–H and O–H groups in total. The van der Waals surface area contributed by atoms with E-state index >= 15 is 0 Å². The van der Waals surface area contributed by atoms with Gasteiger partial charge < -0.3 is 0 Å². The fraction of sp³-hybridized carbons (Fsp3) is 1.00. The molecule has 2 atom stereocenters. The molecule has 0 saturated heterocycles. The van der Waals surface area contributed by atoms with E-state index in [9.17, 15) is 8.42 Å². The van der Waals surface area contributed by atoms with E-state index in [1.165, 1.54) is 0 Å². The van der Waals surface area contributed by atoms with Crippen LogP contribution in [0, 0.1) is 11.3 Å². The molecule has 0 radical (unpaired) electrons. The van der Waals surface area contributed by atoms with Crippen molar-refractivity contribution in [1.82, 2.24) is 0 Å². The highest BCUT2D eigenvalue weighted by Gasteiger charge is 2.37. The summed E-state index contributed by atoms with van der Waals surface area (Å²) in [6, 6.07) is 0. The molecule has 13 heavy (non-hydrogen) atoms. The van der Waals surface area contributed by atoms with Crippen LogP contribution in [0.3, 0.4) is 0 Å². The van der Waals surface area contributed by atoms with E-state index in [1.54, 1.807) is 0 Å². The maximum atomic E-state index is 11.2. The Bertz CT molecular complexity index is 282. The molecule has 0 heterocycles. The van der Waals surface area contributed by atoms with Gasteiger partial charge in [0.15, 0.2) is 0 Å². The second kappa shape index (κ2) is 3.43. The van der Waals surface area contributed by atoms with Crippen LogP contribution in [-0.4, -0.2) is 13.7 Å². The van der Waals surface area contributed by atoms with E-state index in [0.29, 0.717) is 12.3 Å². The third-order valence-corrected chi connectivity index (χ3v) is 4.66. The van der Waals surface area contributed by atoms with Crippen molar-refractivity contribution in [2.45, 2.75) is 45.3 Å². The first-order chi connectivity index (χ1) is 5.71. The second-order valence-corrected chi connectivity index (χ2v) is 7.92. The molecule has 0 aromatic rings. The van der Waals surface area contributed by atoms with Crippen molar-refractivity contribution < 1.29 is 8.42 Å². The first kappa shape index (κ1) is 11.3. The minimum Gasteiger partial charge on any atom is -0.212 e. The van der Waals surface area contributed by atoms with Crippen LogP contribution in [0.4, 0.5) is 0 Å². The Labute approximate surface area is 85.1 Å². The molecule has 1 saturated carbocycles. The normalized spacial score (nSPS) is 34.5. The van der Waals surface area contributed by atoms with Crippen LogP contribution in [0.15, 0.2) is 0 Å². The van der Waals surface area contributed by atoms with Crippen LogP contribution in [-0.2, 0) is 9.05 Å². The zero-order chi connectivity index (χ0) is 10.3. The Kier molecular flexibility index (Phi) is 2.98. The summed E-state index contributed by atoms with van der Waals surface area (Å²) in [5.74, 6) is 0.460. The quantitative estimate of drug-likeness (QED) is 0.642. The first-order valence-electron chi connectivity index (χ1n) is 4.64. The van der Waals surface area contributed by atoms with E-state index in [1.807, 2.05) is 0 Å². The van der Waals surface area contributed by atoms with E-state index < -0.39 is 9.05 Å². The number of halogens is 1. The number of hydrogen-bond donors (Lipinski definition) is 0. The molecular weight excluding hydrogens is 208 g/mol. The lowest BCUT2D eigenvalue weighted by molar-refractivity contribution is 0.194. The van der Waals surface area contributed by atoms with Gasteiger partial charge in [0.25, 0.3) is 0 Å². The molecule has 2 unspecified atom stereocenters. The average Bonchev–Trinajstić information content (AvgIpc) is 1.79. The molecule has 0 bridgehead atoms.